The summed E-state index contributed by atoms with van der Waals surface area (Å²) in [6.07, 6.45) is 0. The highest BCUT2D eigenvalue weighted by Crippen LogP contribution is 2.27. The van der Waals surface area contributed by atoms with Gasteiger partial charge in [-0.3, -0.25) is 0 Å². The zero-order valence-electron chi connectivity index (χ0n) is 9.70. The molecule has 0 aromatic heterocycles. The number of rotatable bonds is 3. The molecule has 0 heterocycles. The quantitative estimate of drug-likeness (QED) is 0.888. The number of carbonyl (C=O) groups excluding carboxylic acids is 1. The second kappa shape index (κ2) is 8.17. The van der Waals surface area contributed by atoms with Gasteiger partial charge in [-0.05, 0) is 32.0 Å². The van der Waals surface area contributed by atoms with Crippen LogP contribution in [-0.2, 0) is 4.79 Å². The van der Waals surface area contributed by atoms with Gasteiger partial charge in [0.15, 0.2) is 0 Å². The van der Waals surface area contributed by atoms with Gasteiger partial charge in [-0.15, -0.1) is 0 Å². The Morgan fingerprint density at radius 1 is 1.47 bits per heavy atom. The first-order valence-electron chi connectivity index (χ1n) is 4.93. The average molecular weight is 280 g/mol. The van der Waals surface area contributed by atoms with Gasteiger partial charge in [0, 0.05) is 5.02 Å². The van der Waals surface area contributed by atoms with E-state index in [9.17, 15) is 9.90 Å². The first kappa shape index (κ1) is 16.0. The number of carbonyl (C=O) groups is 1. The van der Waals surface area contributed by atoms with Crippen LogP contribution in [0.2, 0.25) is 10.0 Å². The molecule has 0 aliphatic rings. The second-order valence-electron chi connectivity index (χ2n) is 3.63. The van der Waals surface area contributed by atoms with Crippen LogP contribution in [0, 0.1) is 0 Å². The van der Waals surface area contributed by atoms with Crippen LogP contribution in [0.15, 0.2) is 18.2 Å². The average Bonchev–Trinajstić information content (AvgIpc) is 2.15. The summed E-state index contributed by atoms with van der Waals surface area (Å²) in [7, 11) is 0. The van der Waals surface area contributed by atoms with Crippen LogP contribution >= 0.6 is 23.2 Å². The fourth-order valence-corrected chi connectivity index (χ4v) is 1.19. The van der Waals surface area contributed by atoms with Gasteiger partial charge in [0.1, 0.15) is 12.4 Å². The zero-order chi connectivity index (χ0) is 13.4. The van der Waals surface area contributed by atoms with Crippen molar-refractivity contribution < 1.29 is 20.4 Å². The highest BCUT2D eigenvalue weighted by molar-refractivity contribution is 6.35. The molecular formula is C11H15Cl2NO3. The molecule has 0 saturated carbocycles. The van der Waals surface area contributed by atoms with Crippen molar-refractivity contribution >= 4 is 29.2 Å². The van der Waals surface area contributed by atoms with Gasteiger partial charge in [-0.2, -0.15) is 0 Å². The molecule has 1 aromatic rings. The maximum atomic E-state index is 10.0. The maximum absolute atomic E-state index is 10.0. The molecule has 0 unspecified atom stereocenters. The fraction of sp³-hybridized carbons (Fsp3) is 0.364. The SMILES string of the molecule is CC(C)[NH3+].O=C([O-])COc1ccc(Cl)cc1Cl. The van der Waals surface area contributed by atoms with Crippen molar-refractivity contribution in [1.29, 1.82) is 0 Å². The van der Waals surface area contributed by atoms with E-state index in [-0.39, 0.29) is 10.8 Å². The highest BCUT2D eigenvalue weighted by atomic mass is 35.5. The Balaban J connectivity index is 0.000000557. The largest absolute Gasteiger partial charge is 0.546 e. The summed E-state index contributed by atoms with van der Waals surface area (Å²) >= 11 is 11.3. The molecule has 0 spiro atoms. The number of hydrogen-bond acceptors (Lipinski definition) is 3. The van der Waals surface area contributed by atoms with Crippen LogP contribution in [0.3, 0.4) is 0 Å². The monoisotopic (exact) mass is 279 g/mol. The number of halogens is 2. The first-order chi connectivity index (χ1) is 7.82. The normalized spacial score (nSPS) is 9.53. The molecule has 17 heavy (non-hydrogen) atoms. The van der Waals surface area contributed by atoms with E-state index in [4.69, 9.17) is 27.9 Å². The lowest BCUT2D eigenvalue weighted by Gasteiger charge is -2.07. The molecule has 3 N–H and O–H groups in total. The summed E-state index contributed by atoms with van der Waals surface area (Å²) in [5.41, 5.74) is 3.64. The number of benzene rings is 1. The summed E-state index contributed by atoms with van der Waals surface area (Å²) in [6, 6.07) is 5.10. The lowest BCUT2D eigenvalue weighted by molar-refractivity contribution is -0.407. The van der Waals surface area contributed by atoms with Gasteiger partial charge >= 0.3 is 0 Å². The van der Waals surface area contributed by atoms with Crippen LogP contribution in [-0.4, -0.2) is 18.6 Å². The maximum Gasteiger partial charge on any atom is 0.138 e. The molecule has 0 saturated heterocycles. The van der Waals surface area contributed by atoms with Gasteiger partial charge in [-0.1, -0.05) is 23.2 Å². The molecule has 0 radical (unpaired) electrons. The van der Waals surface area contributed by atoms with Crippen molar-refractivity contribution in [3.8, 4) is 5.75 Å². The molecule has 96 valence electrons. The van der Waals surface area contributed by atoms with E-state index in [1.54, 1.807) is 6.07 Å². The lowest BCUT2D eigenvalue weighted by atomic mass is 10.3. The van der Waals surface area contributed by atoms with E-state index in [0.717, 1.165) is 0 Å². The number of carboxylic acids is 1. The summed E-state index contributed by atoms with van der Waals surface area (Å²) in [5.74, 6) is -1.03. The van der Waals surface area contributed by atoms with Crippen LogP contribution in [0.25, 0.3) is 0 Å². The number of hydrogen-bond donors (Lipinski definition) is 1. The van der Waals surface area contributed by atoms with Gasteiger partial charge in [0.2, 0.25) is 0 Å². The lowest BCUT2D eigenvalue weighted by Crippen LogP contribution is -2.57. The predicted octanol–water partition coefficient (Wildman–Crippen LogP) is 0.759. The summed E-state index contributed by atoms with van der Waals surface area (Å²) < 4.78 is 4.80. The van der Waals surface area contributed by atoms with Crippen molar-refractivity contribution in [1.82, 2.24) is 0 Å². The third-order valence-electron chi connectivity index (χ3n) is 1.24. The molecule has 0 aliphatic carbocycles. The minimum Gasteiger partial charge on any atom is -0.546 e. The molecule has 0 bridgehead atoms. The summed E-state index contributed by atoms with van der Waals surface area (Å²) in [5, 5.41) is 10.8. The molecule has 4 nitrogen and oxygen atoms in total. The van der Waals surface area contributed by atoms with Crippen molar-refractivity contribution in [2.75, 3.05) is 6.61 Å². The fourth-order valence-electron chi connectivity index (χ4n) is 0.729. The third kappa shape index (κ3) is 8.80. The molecule has 0 atom stereocenters. The van der Waals surface area contributed by atoms with E-state index < -0.39 is 12.6 Å². The van der Waals surface area contributed by atoms with E-state index in [1.807, 2.05) is 0 Å². The van der Waals surface area contributed by atoms with Gasteiger partial charge in [0.05, 0.1) is 17.0 Å². The second-order valence-corrected chi connectivity index (χ2v) is 4.47. The number of ether oxygens (including phenoxy) is 1. The number of carboxylic acid groups (broad SMARTS) is 1. The van der Waals surface area contributed by atoms with E-state index >= 15 is 0 Å². The Morgan fingerprint density at radius 2 is 2.00 bits per heavy atom. The molecule has 6 heteroatoms. The van der Waals surface area contributed by atoms with Gasteiger partial charge < -0.3 is 20.4 Å². The van der Waals surface area contributed by atoms with E-state index in [1.165, 1.54) is 12.1 Å². The minimum absolute atomic E-state index is 0.272. The molecule has 1 aromatic carbocycles. The smallest absolute Gasteiger partial charge is 0.138 e. The molecule has 1 rings (SSSR count). The Hall–Kier alpha value is -0.970. The van der Waals surface area contributed by atoms with Crippen molar-refractivity contribution in [3.05, 3.63) is 28.2 Å². The molecule has 0 fully saturated rings. The predicted molar refractivity (Wildman–Crippen MR) is 65.0 cm³/mol. The topological polar surface area (TPSA) is 77.0 Å². The van der Waals surface area contributed by atoms with Crippen molar-refractivity contribution in [2.45, 2.75) is 19.9 Å². The van der Waals surface area contributed by atoms with Crippen molar-refractivity contribution in [3.63, 3.8) is 0 Å². The van der Waals surface area contributed by atoms with Crippen LogP contribution < -0.4 is 15.6 Å². The molecule has 0 amide bonds. The number of quaternary nitrogens is 1. The van der Waals surface area contributed by atoms with Crippen LogP contribution in [0.1, 0.15) is 13.8 Å². The summed E-state index contributed by atoms with van der Waals surface area (Å²) in [6.45, 7) is 3.58. The minimum atomic E-state index is -1.30. The Kier molecular flexibility index (Phi) is 7.70. The van der Waals surface area contributed by atoms with E-state index in [0.29, 0.717) is 11.1 Å². The summed E-state index contributed by atoms with van der Waals surface area (Å²) in [4.78, 5) is 10.0. The molecule has 0 aliphatic heterocycles. The van der Waals surface area contributed by atoms with E-state index in [2.05, 4.69) is 19.6 Å². The van der Waals surface area contributed by atoms with Crippen molar-refractivity contribution in [2.24, 2.45) is 0 Å². The third-order valence-corrected chi connectivity index (χ3v) is 1.77. The van der Waals surface area contributed by atoms with Crippen LogP contribution in [0.4, 0.5) is 0 Å². The standard InChI is InChI=1S/C8H6Cl2O3.C3H9N/c9-5-1-2-7(6(10)3-5)13-4-8(11)12;1-3(2)4/h1-3H,4H2,(H,11,12);3H,4H2,1-2H3. The zero-order valence-corrected chi connectivity index (χ0v) is 11.2. The Labute approximate surface area is 110 Å². The van der Waals surface area contributed by atoms with Crippen LogP contribution in [0.5, 0.6) is 5.75 Å². The van der Waals surface area contributed by atoms with Gasteiger partial charge in [-0.25, -0.2) is 0 Å². The first-order valence-corrected chi connectivity index (χ1v) is 5.69. The Bertz CT molecular complexity index is 367. The number of aliphatic carboxylic acids is 1. The van der Waals surface area contributed by atoms with Gasteiger partial charge in [0.25, 0.3) is 0 Å². The highest BCUT2D eigenvalue weighted by Gasteiger charge is 2.01. The molecular weight excluding hydrogens is 265 g/mol. The Morgan fingerprint density at radius 3 is 2.41 bits per heavy atom.